The Hall–Kier alpha value is -3.37. The Morgan fingerprint density at radius 1 is 1.25 bits per heavy atom. The van der Waals surface area contributed by atoms with Crippen molar-refractivity contribution < 1.29 is 34.1 Å². The maximum atomic E-state index is 13.5. The summed E-state index contributed by atoms with van der Waals surface area (Å²) in [5, 5.41) is 24.4. The summed E-state index contributed by atoms with van der Waals surface area (Å²) < 4.78 is 11.6. The molecule has 2 aromatic rings. The first-order valence-electron chi connectivity index (χ1n) is 12.7. The number of aliphatic hydroxyl groups excluding tert-OH is 2. The van der Waals surface area contributed by atoms with Crippen LogP contribution in [0.2, 0.25) is 10.0 Å². The maximum absolute atomic E-state index is 13.5. The van der Waals surface area contributed by atoms with E-state index in [0.717, 1.165) is 0 Å². The summed E-state index contributed by atoms with van der Waals surface area (Å²) in [4.78, 5) is 40.0. The molecule has 2 amide bonds. The molecule has 0 aromatic heterocycles. The first-order valence-corrected chi connectivity index (χ1v) is 13.5. The van der Waals surface area contributed by atoms with Crippen LogP contribution in [0.15, 0.2) is 54.6 Å². The van der Waals surface area contributed by atoms with E-state index in [1.54, 1.807) is 36.4 Å². The Balaban J connectivity index is 1.83. The average molecular weight is 589 g/mol. The van der Waals surface area contributed by atoms with Crippen molar-refractivity contribution >= 4 is 41.3 Å². The quantitative estimate of drug-likeness (QED) is 0.271. The second kappa shape index (κ2) is 12.9. The summed E-state index contributed by atoms with van der Waals surface area (Å²) in [5.74, 6) is -0.987. The third kappa shape index (κ3) is 5.88. The summed E-state index contributed by atoms with van der Waals surface area (Å²) >= 11 is 12.5. The van der Waals surface area contributed by atoms with Gasteiger partial charge in [0, 0.05) is 46.3 Å². The molecule has 0 unspecified atom stereocenters. The lowest BCUT2D eigenvalue weighted by atomic mass is 9.77. The van der Waals surface area contributed by atoms with E-state index in [4.69, 9.17) is 32.7 Å². The van der Waals surface area contributed by atoms with Crippen LogP contribution in [-0.4, -0.2) is 71.7 Å². The minimum absolute atomic E-state index is 0.00540. The lowest BCUT2D eigenvalue weighted by molar-refractivity contribution is -0.138. The number of methoxy groups -OCH3 is 1. The maximum Gasteiger partial charge on any atom is 0.247 e. The number of allylic oxidation sites excluding steroid dienone is 1. The molecule has 212 valence electrons. The second-order valence-corrected chi connectivity index (χ2v) is 10.3. The van der Waals surface area contributed by atoms with Crippen molar-refractivity contribution in [1.82, 2.24) is 10.2 Å². The molecule has 40 heavy (non-hydrogen) atoms. The summed E-state index contributed by atoms with van der Waals surface area (Å²) in [6.07, 6.45) is 2.09. The number of carbonyl (C=O) groups is 3. The number of rotatable bonds is 11. The third-order valence-corrected chi connectivity index (χ3v) is 7.60. The number of amides is 2. The first-order chi connectivity index (χ1) is 19.2. The molecule has 11 heteroatoms. The molecule has 2 aromatic carbocycles. The highest BCUT2D eigenvalue weighted by Crippen LogP contribution is 2.51. The summed E-state index contributed by atoms with van der Waals surface area (Å²) in [6, 6.07) is 7.04. The fourth-order valence-corrected chi connectivity index (χ4v) is 5.59. The molecule has 4 rings (SSSR count). The normalized spacial score (nSPS) is 20.9. The van der Waals surface area contributed by atoms with Crippen molar-refractivity contribution in [1.29, 1.82) is 0 Å². The first kappa shape index (κ1) is 29.6. The van der Waals surface area contributed by atoms with Gasteiger partial charge in [-0.25, -0.2) is 0 Å². The van der Waals surface area contributed by atoms with Crippen LogP contribution in [0.3, 0.4) is 0 Å². The van der Waals surface area contributed by atoms with Gasteiger partial charge in [0.05, 0.1) is 25.7 Å². The molecule has 0 radical (unpaired) electrons. The second-order valence-electron chi connectivity index (χ2n) is 9.49. The van der Waals surface area contributed by atoms with Gasteiger partial charge in [0.25, 0.3) is 0 Å². The minimum atomic E-state index is -1.27. The number of ether oxygens (including phenoxy) is 2. The molecule has 0 saturated heterocycles. The third-order valence-electron chi connectivity index (χ3n) is 7.01. The van der Waals surface area contributed by atoms with Crippen LogP contribution in [0.25, 0.3) is 0 Å². The van der Waals surface area contributed by atoms with Crippen LogP contribution in [-0.2, 0) is 16.1 Å². The molecule has 4 atom stereocenters. The summed E-state index contributed by atoms with van der Waals surface area (Å²) in [6.45, 7) is 3.43. The van der Waals surface area contributed by atoms with E-state index in [-0.39, 0.29) is 43.3 Å². The van der Waals surface area contributed by atoms with Crippen LogP contribution in [0.1, 0.15) is 40.2 Å². The molecule has 9 nitrogen and oxygen atoms in total. The SMILES string of the molecule is C=CCCC(=O)N(Cc1ccc(Cl)cc1Cl)[C@@H]1C=C(C(=O)NCCO)[C@@H]2c3cc(C=O)cc(OC)c3O[C@@H]2[C@H]1O. The minimum Gasteiger partial charge on any atom is -0.493 e. The van der Waals surface area contributed by atoms with Gasteiger partial charge in [-0.2, -0.15) is 0 Å². The lowest BCUT2D eigenvalue weighted by Gasteiger charge is -2.41. The molecule has 1 heterocycles. The zero-order valence-corrected chi connectivity index (χ0v) is 23.3. The number of nitrogens with zero attached hydrogens (tertiary/aromatic N) is 1. The number of nitrogens with one attached hydrogen (secondary N) is 1. The van der Waals surface area contributed by atoms with Crippen molar-refractivity contribution in [3.05, 3.63) is 81.4 Å². The van der Waals surface area contributed by atoms with Gasteiger partial charge in [-0.15, -0.1) is 6.58 Å². The number of hydrogen-bond acceptors (Lipinski definition) is 7. The van der Waals surface area contributed by atoms with E-state index in [1.807, 2.05) is 0 Å². The Labute approximate surface area is 242 Å². The molecule has 1 aliphatic heterocycles. The van der Waals surface area contributed by atoms with E-state index in [0.29, 0.717) is 45.2 Å². The Morgan fingerprint density at radius 3 is 2.67 bits per heavy atom. The van der Waals surface area contributed by atoms with E-state index in [2.05, 4.69) is 11.9 Å². The molecule has 1 aliphatic carbocycles. The highest BCUT2D eigenvalue weighted by Gasteiger charge is 2.51. The van der Waals surface area contributed by atoms with Gasteiger partial charge >= 0.3 is 0 Å². The molecule has 3 N–H and O–H groups in total. The van der Waals surface area contributed by atoms with Crippen LogP contribution < -0.4 is 14.8 Å². The van der Waals surface area contributed by atoms with Crippen molar-refractivity contribution in [2.75, 3.05) is 20.3 Å². The number of hydrogen-bond donors (Lipinski definition) is 3. The van der Waals surface area contributed by atoms with Gasteiger partial charge in [0.1, 0.15) is 18.5 Å². The van der Waals surface area contributed by atoms with Crippen molar-refractivity contribution in [3.8, 4) is 11.5 Å². The van der Waals surface area contributed by atoms with Gasteiger partial charge < -0.3 is 29.9 Å². The summed E-state index contributed by atoms with van der Waals surface area (Å²) in [5.41, 5.74) is 1.63. The highest BCUT2D eigenvalue weighted by atomic mass is 35.5. The molecule has 0 fully saturated rings. The van der Waals surface area contributed by atoms with Crippen LogP contribution in [0.4, 0.5) is 0 Å². The largest absolute Gasteiger partial charge is 0.493 e. The van der Waals surface area contributed by atoms with Crippen molar-refractivity contribution in [3.63, 3.8) is 0 Å². The fraction of sp³-hybridized carbons (Fsp3) is 0.345. The number of benzene rings is 2. The fourth-order valence-electron chi connectivity index (χ4n) is 5.12. The van der Waals surface area contributed by atoms with E-state index in [9.17, 15) is 24.6 Å². The van der Waals surface area contributed by atoms with Crippen molar-refractivity contribution in [2.45, 2.75) is 43.6 Å². The Kier molecular flexibility index (Phi) is 9.52. The molecular weight excluding hydrogens is 559 g/mol. The topological polar surface area (TPSA) is 125 Å². The number of fused-ring (bicyclic) bond motifs is 3. The number of halogens is 2. The molecular formula is C29H30Cl2N2O7. The number of aliphatic hydroxyl groups is 2. The smallest absolute Gasteiger partial charge is 0.247 e. The standard InChI is InChI=1S/C29H30Cl2N2O7/c1-3-4-5-24(36)33(14-17-6-7-18(30)12-21(17)31)22-13-20(29(38)32-8-9-34)25-19-10-16(15-35)11-23(39-2)27(19)40-28(25)26(22)37/h3,6-7,10-13,15,22,25-26,28,34,37H,1,4-5,8-9,14H2,2H3,(H,32,38)/t22-,25+,26+,28+/m1/s1. The average Bonchev–Trinajstić information content (AvgIpc) is 3.34. The molecule has 2 aliphatic rings. The number of carbonyl (C=O) groups excluding carboxylic acids is 3. The van der Waals surface area contributed by atoms with E-state index >= 15 is 0 Å². The molecule has 0 saturated carbocycles. The van der Waals surface area contributed by atoms with Gasteiger partial charge in [0.15, 0.2) is 11.5 Å². The summed E-state index contributed by atoms with van der Waals surface area (Å²) in [7, 11) is 1.43. The van der Waals surface area contributed by atoms with Gasteiger partial charge in [-0.05, 0) is 42.3 Å². The van der Waals surface area contributed by atoms with Gasteiger partial charge in [0.2, 0.25) is 11.8 Å². The van der Waals surface area contributed by atoms with Crippen molar-refractivity contribution in [2.24, 2.45) is 0 Å². The monoisotopic (exact) mass is 588 g/mol. The van der Waals surface area contributed by atoms with Crippen LogP contribution >= 0.6 is 23.2 Å². The zero-order chi connectivity index (χ0) is 29.0. The van der Waals surface area contributed by atoms with E-state index < -0.39 is 30.1 Å². The molecule has 0 spiro atoms. The van der Waals surface area contributed by atoms with Gasteiger partial charge in [-0.1, -0.05) is 35.3 Å². The predicted octanol–water partition coefficient (Wildman–Crippen LogP) is 3.43. The lowest BCUT2D eigenvalue weighted by Crippen LogP contribution is -2.55. The number of aldehydes is 1. The highest BCUT2D eigenvalue weighted by molar-refractivity contribution is 6.35. The van der Waals surface area contributed by atoms with Crippen LogP contribution in [0.5, 0.6) is 11.5 Å². The predicted molar refractivity (Wildman–Crippen MR) is 150 cm³/mol. The van der Waals surface area contributed by atoms with Crippen LogP contribution in [0, 0.1) is 0 Å². The van der Waals surface area contributed by atoms with E-state index in [1.165, 1.54) is 18.1 Å². The Bertz CT molecular complexity index is 1350. The Morgan fingerprint density at radius 2 is 2.02 bits per heavy atom. The zero-order valence-electron chi connectivity index (χ0n) is 21.8. The van der Waals surface area contributed by atoms with Gasteiger partial charge in [-0.3, -0.25) is 14.4 Å². The molecule has 0 bridgehead atoms.